The first kappa shape index (κ1) is 22.5. The van der Waals surface area contributed by atoms with E-state index in [1.165, 1.54) is 0 Å². The number of carbonyl (C=O) groups is 2. The molecule has 2 fully saturated rings. The number of rotatable bonds is 5. The SMILES string of the molecule is CC(C)N1CCC(C(=O)N2CCC[C@@H](c3ccc(-c4cccc(C(N)=O)c4)cn3)C2)CC1. The van der Waals surface area contributed by atoms with Gasteiger partial charge in [-0.05, 0) is 76.4 Å². The van der Waals surface area contributed by atoms with Crippen LogP contribution >= 0.6 is 0 Å². The minimum atomic E-state index is -0.432. The number of aromatic nitrogens is 1. The second-order valence-corrected chi connectivity index (χ2v) is 9.44. The molecule has 0 saturated carbocycles. The van der Waals surface area contributed by atoms with Crippen LogP contribution in [0.1, 0.15) is 61.5 Å². The lowest BCUT2D eigenvalue weighted by Crippen LogP contribution is -2.47. The van der Waals surface area contributed by atoms with Crippen LogP contribution in [0.25, 0.3) is 11.1 Å². The molecule has 32 heavy (non-hydrogen) atoms. The normalized spacial score (nSPS) is 20.5. The van der Waals surface area contributed by atoms with Crippen molar-refractivity contribution in [2.75, 3.05) is 26.2 Å². The molecule has 6 heteroatoms. The van der Waals surface area contributed by atoms with Crippen LogP contribution in [-0.2, 0) is 4.79 Å². The van der Waals surface area contributed by atoms with Crippen molar-refractivity contribution in [2.45, 2.75) is 51.5 Å². The molecule has 2 N–H and O–H groups in total. The van der Waals surface area contributed by atoms with Gasteiger partial charge in [-0.3, -0.25) is 14.6 Å². The van der Waals surface area contributed by atoms with Gasteiger partial charge in [0.05, 0.1) is 0 Å². The third kappa shape index (κ3) is 5.01. The van der Waals surface area contributed by atoms with Gasteiger partial charge >= 0.3 is 0 Å². The van der Waals surface area contributed by atoms with Crippen molar-refractivity contribution >= 4 is 11.8 Å². The van der Waals surface area contributed by atoms with E-state index in [-0.39, 0.29) is 11.8 Å². The van der Waals surface area contributed by atoms with Gasteiger partial charge in [0, 0.05) is 54.0 Å². The summed E-state index contributed by atoms with van der Waals surface area (Å²) in [4.78, 5) is 33.9. The first-order valence-corrected chi connectivity index (χ1v) is 11.8. The number of benzene rings is 1. The average molecular weight is 435 g/mol. The Bertz CT molecular complexity index is 949. The first-order valence-electron chi connectivity index (χ1n) is 11.8. The summed E-state index contributed by atoms with van der Waals surface area (Å²) in [6.07, 6.45) is 5.87. The average Bonchev–Trinajstić information content (AvgIpc) is 2.84. The molecule has 2 aliphatic rings. The van der Waals surface area contributed by atoms with Crippen molar-refractivity contribution in [3.8, 4) is 11.1 Å². The summed E-state index contributed by atoms with van der Waals surface area (Å²) in [5.41, 5.74) is 8.81. The summed E-state index contributed by atoms with van der Waals surface area (Å²) < 4.78 is 0. The highest BCUT2D eigenvalue weighted by molar-refractivity contribution is 5.94. The lowest BCUT2D eigenvalue weighted by Gasteiger charge is -2.38. The molecule has 1 aromatic heterocycles. The Kier molecular flexibility index (Phi) is 6.89. The lowest BCUT2D eigenvalue weighted by atomic mass is 9.90. The Morgan fingerprint density at radius 3 is 2.47 bits per heavy atom. The summed E-state index contributed by atoms with van der Waals surface area (Å²) >= 11 is 0. The summed E-state index contributed by atoms with van der Waals surface area (Å²) in [7, 11) is 0. The number of carbonyl (C=O) groups excluding carboxylic acids is 2. The monoisotopic (exact) mass is 434 g/mol. The van der Waals surface area contributed by atoms with E-state index in [1.54, 1.807) is 12.1 Å². The summed E-state index contributed by atoms with van der Waals surface area (Å²) in [6.45, 7) is 8.11. The molecule has 2 aromatic rings. The van der Waals surface area contributed by atoms with Gasteiger partial charge in [-0.2, -0.15) is 0 Å². The van der Waals surface area contributed by atoms with Crippen LogP contribution in [0.5, 0.6) is 0 Å². The van der Waals surface area contributed by atoms with Gasteiger partial charge in [-0.1, -0.05) is 18.2 Å². The van der Waals surface area contributed by atoms with E-state index >= 15 is 0 Å². The minimum Gasteiger partial charge on any atom is -0.366 e. The van der Waals surface area contributed by atoms with E-state index in [0.717, 1.165) is 68.7 Å². The van der Waals surface area contributed by atoms with Crippen LogP contribution in [0.3, 0.4) is 0 Å². The van der Waals surface area contributed by atoms with Gasteiger partial charge in [0.15, 0.2) is 0 Å². The predicted octanol–water partition coefficient (Wildman–Crippen LogP) is 3.67. The maximum atomic E-state index is 13.2. The largest absolute Gasteiger partial charge is 0.366 e. The zero-order valence-electron chi connectivity index (χ0n) is 19.2. The van der Waals surface area contributed by atoms with Crippen LogP contribution in [0, 0.1) is 5.92 Å². The Morgan fingerprint density at radius 2 is 1.81 bits per heavy atom. The molecule has 4 rings (SSSR count). The highest BCUT2D eigenvalue weighted by Gasteiger charge is 2.32. The van der Waals surface area contributed by atoms with Gasteiger partial charge < -0.3 is 15.5 Å². The maximum Gasteiger partial charge on any atom is 0.248 e. The molecule has 2 saturated heterocycles. The standard InChI is InChI=1S/C26H34N4O2/c1-18(2)29-13-10-19(11-14-29)26(32)30-12-4-7-23(17-30)24-9-8-22(16-28-24)20-5-3-6-21(15-20)25(27)31/h3,5-6,8-9,15-16,18-19,23H,4,7,10-14,17H2,1-2H3,(H2,27,31)/t23-/m1/s1. The zero-order valence-corrected chi connectivity index (χ0v) is 19.2. The molecule has 3 heterocycles. The highest BCUT2D eigenvalue weighted by Crippen LogP contribution is 2.30. The van der Waals surface area contributed by atoms with Crippen molar-refractivity contribution in [2.24, 2.45) is 11.7 Å². The van der Waals surface area contributed by atoms with Gasteiger partial charge in [-0.15, -0.1) is 0 Å². The second-order valence-electron chi connectivity index (χ2n) is 9.44. The highest BCUT2D eigenvalue weighted by atomic mass is 16.2. The molecule has 1 atom stereocenters. The molecule has 0 spiro atoms. The molecule has 2 amide bonds. The van der Waals surface area contributed by atoms with Crippen LogP contribution in [0.4, 0.5) is 0 Å². The van der Waals surface area contributed by atoms with Crippen molar-refractivity contribution in [3.05, 3.63) is 53.9 Å². The predicted molar refractivity (Wildman–Crippen MR) is 126 cm³/mol. The van der Waals surface area contributed by atoms with E-state index in [1.807, 2.05) is 24.4 Å². The summed E-state index contributed by atoms with van der Waals surface area (Å²) in [6, 6.07) is 12.0. The maximum absolute atomic E-state index is 13.2. The van der Waals surface area contributed by atoms with E-state index in [9.17, 15) is 9.59 Å². The molecule has 1 aromatic carbocycles. The van der Waals surface area contributed by atoms with E-state index in [4.69, 9.17) is 10.7 Å². The second kappa shape index (κ2) is 9.82. The van der Waals surface area contributed by atoms with Gasteiger partial charge in [0.25, 0.3) is 0 Å². The van der Waals surface area contributed by atoms with Crippen molar-refractivity contribution in [1.82, 2.24) is 14.8 Å². The molecule has 0 aliphatic carbocycles. The van der Waals surface area contributed by atoms with Gasteiger partial charge in [-0.25, -0.2) is 0 Å². The van der Waals surface area contributed by atoms with Crippen LogP contribution in [0.2, 0.25) is 0 Å². The molecular formula is C26H34N4O2. The smallest absolute Gasteiger partial charge is 0.248 e. The Balaban J connectivity index is 1.40. The number of amides is 2. The summed E-state index contributed by atoms with van der Waals surface area (Å²) in [5, 5.41) is 0. The number of nitrogens with zero attached hydrogens (tertiary/aromatic N) is 3. The fraction of sp³-hybridized carbons (Fsp3) is 0.500. The number of pyridine rings is 1. The first-order chi connectivity index (χ1) is 15.4. The third-order valence-electron chi connectivity index (χ3n) is 7.03. The zero-order chi connectivity index (χ0) is 22.7. The number of nitrogens with two attached hydrogens (primary N) is 1. The number of hydrogen-bond acceptors (Lipinski definition) is 4. The van der Waals surface area contributed by atoms with E-state index in [2.05, 4.69) is 29.7 Å². The number of piperidine rings is 2. The third-order valence-corrected chi connectivity index (χ3v) is 7.03. The number of primary amides is 1. The van der Waals surface area contributed by atoms with Crippen molar-refractivity contribution < 1.29 is 9.59 Å². The molecule has 0 bridgehead atoms. The number of likely N-dealkylation sites (tertiary alicyclic amines) is 2. The van der Waals surface area contributed by atoms with Crippen molar-refractivity contribution in [1.29, 1.82) is 0 Å². The Morgan fingerprint density at radius 1 is 1.03 bits per heavy atom. The minimum absolute atomic E-state index is 0.164. The molecule has 0 radical (unpaired) electrons. The van der Waals surface area contributed by atoms with Crippen molar-refractivity contribution in [3.63, 3.8) is 0 Å². The van der Waals surface area contributed by atoms with Gasteiger partial charge in [0.1, 0.15) is 0 Å². The van der Waals surface area contributed by atoms with Crippen LogP contribution in [0.15, 0.2) is 42.6 Å². The van der Waals surface area contributed by atoms with Crippen LogP contribution < -0.4 is 5.73 Å². The Hall–Kier alpha value is -2.73. The van der Waals surface area contributed by atoms with E-state index < -0.39 is 5.91 Å². The molecule has 170 valence electrons. The number of hydrogen-bond donors (Lipinski definition) is 1. The lowest BCUT2D eigenvalue weighted by molar-refractivity contribution is -0.138. The molecule has 2 aliphatic heterocycles. The quantitative estimate of drug-likeness (QED) is 0.779. The molecular weight excluding hydrogens is 400 g/mol. The summed E-state index contributed by atoms with van der Waals surface area (Å²) in [5.74, 6) is 0.336. The Labute approximate surface area is 190 Å². The molecule has 6 nitrogen and oxygen atoms in total. The fourth-order valence-electron chi connectivity index (χ4n) is 5.01. The van der Waals surface area contributed by atoms with Crippen LogP contribution in [-0.4, -0.2) is 58.8 Å². The topological polar surface area (TPSA) is 79.5 Å². The molecule has 0 unspecified atom stereocenters. The van der Waals surface area contributed by atoms with Gasteiger partial charge in [0.2, 0.25) is 11.8 Å². The fourth-order valence-corrected chi connectivity index (χ4v) is 5.01. The van der Waals surface area contributed by atoms with E-state index in [0.29, 0.717) is 17.5 Å².